The van der Waals surface area contributed by atoms with Gasteiger partial charge in [-0.2, -0.15) is 0 Å². The molecular weight excluding hydrogens is 110 g/mol. The molecule has 1 heterocycles. The molecule has 0 saturated carbocycles. The first-order valence-corrected chi connectivity index (χ1v) is 3.95. The van der Waals surface area contributed by atoms with Gasteiger partial charge in [0.2, 0.25) is 0 Å². The molecule has 1 N–H and O–H groups in total. The third-order valence-electron chi connectivity index (χ3n) is 2.44. The van der Waals surface area contributed by atoms with Gasteiger partial charge in [-0.25, -0.2) is 0 Å². The molecule has 1 aliphatic heterocycles. The summed E-state index contributed by atoms with van der Waals surface area (Å²) in [4.78, 5) is 0. The smallest absolute Gasteiger partial charge is 0.00699 e. The van der Waals surface area contributed by atoms with Crippen molar-refractivity contribution in [3.63, 3.8) is 0 Å². The second-order valence-electron chi connectivity index (χ2n) is 3.44. The Balaban J connectivity index is 2.40. The van der Waals surface area contributed by atoms with Crippen LogP contribution in [0, 0.1) is 11.8 Å². The SMILES string of the molecule is CC(C)[C@@H]1CCN[C@H]1C. The van der Waals surface area contributed by atoms with Crippen molar-refractivity contribution in [2.45, 2.75) is 33.2 Å². The monoisotopic (exact) mass is 127 g/mol. The lowest BCUT2D eigenvalue weighted by Gasteiger charge is -2.18. The molecule has 1 fully saturated rings. The van der Waals surface area contributed by atoms with Gasteiger partial charge in [-0.05, 0) is 31.7 Å². The van der Waals surface area contributed by atoms with Gasteiger partial charge in [0.15, 0.2) is 0 Å². The molecule has 0 spiro atoms. The third-order valence-corrected chi connectivity index (χ3v) is 2.44. The van der Waals surface area contributed by atoms with E-state index in [1.165, 1.54) is 13.0 Å². The van der Waals surface area contributed by atoms with E-state index < -0.39 is 0 Å². The quantitative estimate of drug-likeness (QED) is 0.564. The van der Waals surface area contributed by atoms with Crippen molar-refractivity contribution in [3.8, 4) is 0 Å². The molecule has 0 aromatic rings. The van der Waals surface area contributed by atoms with E-state index in [0.717, 1.165) is 17.9 Å². The largest absolute Gasteiger partial charge is 0.314 e. The van der Waals surface area contributed by atoms with Crippen LogP contribution < -0.4 is 5.32 Å². The molecule has 0 amide bonds. The highest BCUT2D eigenvalue weighted by Crippen LogP contribution is 2.22. The van der Waals surface area contributed by atoms with Gasteiger partial charge in [-0.15, -0.1) is 0 Å². The van der Waals surface area contributed by atoms with Gasteiger partial charge in [0.1, 0.15) is 0 Å². The minimum atomic E-state index is 0.755. The highest BCUT2D eigenvalue weighted by Gasteiger charge is 2.24. The van der Waals surface area contributed by atoms with Crippen molar-refractivity contribution < 1.29 is 0 Å². The van der Waals surface area contributed by atoms with E-state index in [9.17, 15) is 0 Å². The van der Waals surface area contributed by atoms with Crippen LogP contribution in [0.3, 0.4) is 0 Å². The highest BCUT2D eigenvalue weighted by atomic mass is 14.9. The maximum atomic E-state index is 3.45. The van der Waals surface area contributed by atoms with E-state index >= 15 is 0 Å². The average molecular weight is 127 g/mol. The maximum Gasteiger partial charge on any atom is 0.00699 e. The second kappa shape index (κ2) is 2.70. The predicted molar refractivity (Wildman–Crippen MR) is 40.4 cm³/mol. The standard InChI is InChI=1S/C8H17N/c1-6(2)8-4-5-9-7(8)3/h6-9H,4-5H2,1-3H3/t7-,8-/m0/s1. The van der Waals surface area contributed by atoms with Crippen LogP contribution in [0.5, 0.6) is 0 Å². The molecule has 2 atom stereocenters. The number of nitrogens with one attached hydrogen (secondary N) is 1. The molecule has 1 saturated heterocycles. The molecule has 0 unspecified atom stereocenters. The van der Waals surface area contributed by atoms with Crippen molar-refractivity contribution in [3.05, 3.63) is 0 Å². The Labute approximate surface area is 57.8 Å². The fraction of sp³-hybridized carbons (Fsp3) is 1.00. The van der Waals surface area contributed by atoms with E-state index in [0.29, 0.717) is 0 Å². The van der Waals surface area contributed by atoms with Crippen molar-refractivity contribution in [2.24, 2.45) is 11.8 Å². The molecule has 1 rings (SSSR count). The molecule has 0 radical (unpaired) electrons. The topological polar surface area (TPSA) is 12.0 Å². The minimum absolute atomic E-state index is 0.755. The molecule has 0 aromatic carbocycles. The summed E-state index contributed by atoms with van der Waals surface area (Å²) >= 11 is 0. The lowest BCUT2D eigenvalue weighted by molar-refractivity contribution is 0.357. The fourth-order valence-corrected chi connectivity index (χ4v) is 1.79. The summed E-state index contributed by atoms with van der Waals surface area (Å²) in [5.41, 5.74) is 0. The molecule has 9 heavy (non-hydrogen) atoms. The van der Waals surface area contributed by atoms with Crippen molar-refractivity contribution >= 4 is 0 Å². The summed E-state index contributed by atoms with van der Waals surface area (Å²) in [6, 6.07) is 0.755. The van der Waals surface area contributed by atoms with Gasteiger partial charge in [0.05, 0.1) is 0 Å². The van der Waals surface area contributed by atoms with Crippen LogP contribution in [0.15, 0.2) is 0 Å². The molecular formula is C8H17N. The van der Waals surface area contributed by atoms with Crippen LogP contribution in [0.1, 0.15) is 27.2 Å². The van der Waals surface area contributed by atoms with Gasteiger partial charge in [0.25, 0.3) is 0 Å². The summed E-state index contributed by atoms with van der Waals surface area (Å²) in [6.07, 6.45) is 1.37. The van der Waals surface area contributed by atoms with Crippen LogP contribution in [0.2, 0.25) is 0 Å². The number of hydrogen-bond donors (Lipinski definition) is 1. The van der Waals surface area contributed by atoms with Crippen LogP contribution >= 0.6 is 0 Å². The molecule has 1 nitrogen and oxygen atoms in total. The Kier molecular flexibility index (Phi) is 2.12. The summed E-state index contributed by atoms with van der Waals surface area (Å²) in [6.45, 7) is 8.14. The first-order valence-electron chi connectivity index (χ1n) is 3.95. The molecule has 1 heteroatoms. The van der Waals surface area contributed by atoms with E-state index in [4.69, 9.17) is 0 Å². The van der Waals surface area contributed by atoms with Gasteiger partial charge in [-0.3, -0.25) is 0 Å². The molecule has 0 bridgehead atoms. The minimum Gasteiger partial charge on any atom is -0.314 e. The molecule has 54 valence electrons. The first-order chi connectivity index (χ1) is 4.22. The lowest BCUT2D eigenvalue weighted by Crippen LogP contribution is -2.25. The van der Waals surface area contributed by atoms with Crippen molar-refractivity contribution in [1.29, 1.82) is 0 Å². The van der Waals surface area contributed by atoms with Gasteiger partial charge in [-0.1, -0.05) is 13.8 Å². The highest BCUT2D eigenvalue weighted by molar-refractivity contribution is 4.81. The molecule has 0 aromatic heterocycles. The number of rotatable bonds is 1. The van der Waals surface area contributed by atoms with Gasteiger partial charge in [0, 0.05) is 6.04 Å². The van der Waals surface area contributed by atoms with Gasteiger partial charge < -0.3 is 5.32 Å². The molecule has 1 aliphatic rings. The van der Waals surface area contributed by atoms with E-state index in [2.05, 4.69) is 26.1 Å². The van der Waals surface area contributed by atoms with E-state index in [1.54, 1.807) is 0 Å². The Morgan fingerprint density at radius 2 is 2.11 bits per heavy atom. The number of hydrogen-bond acceptors (Lipinski definition) is 1. The van der Waals surface area contributed by atoms with Crippen LogP contribution in [0.25, 0.3) is 0 Å². The average Bonchev–Trinajstić information content (AvgIpc) is 2.13. The van der Waals surface area contributed by atoms with Crippen LogP contribution in [-0.4, -0.2) is 12.6 Å². The predicted octanol–water partition coefficient (Wildman–Crippen LogP) is 1.64. The van der Waals surface area contributed by atoms with Gasteiger partial charge >= 0.3 is 0 Å². The summed E-state index contributed by atoms with van der Waals surface area (Å²) < 4.78 is 0. The van der Waals surface area contributed by atoms with Crippen molar-refractivity contribution in [2.75, 3.05) is 6.54 Å². The van der Waals surface area contributed by atoms with E-state index in [1.807, 2.05) is 0 Å². The van der Waals surface area contributed by atoms with Crippen molar-refractivity contribution in [1.82, 2.24) is 5.32 Å². The lowest BCUT2D eigenvalue weighted by atomic mass is 9.90. The zero-order chi connectivity index (χ0) is 6.85. The Morgan fingerprint density at radius 3 is 2.33 bits per heavy atom. The Hall–Kier alpha value is -0.0400. The van der Waals surface area contributed by atoms with E-state index in [-0.39, 0.29) is 0 Å². The second-order valence-corrected chi connectivity index (χ2v) is 3.44. The zero-order valence-electron chi connectivity index (χ0n) is 6.65. The maximum absolute atomic E-state index is 3.45. The summed E-state index contributed by atoms with van der Waals surface area (Å²) in [5.74, 6) is 1.78. The fourth-order valence-electron chi connectivity index (χ4n) is 1.79. The Morgan fingerprint density at radius 1 is 1.44 bits per heavy atom. The first kappa shape index (κ1) is 7.07. The Bertz CT molecular complexity index is 88.6. The zero-order valence-corrected chi connectivity index (χ0v) is 6.65. The summed E-state index contributed by atoms with van der Waals surface area (Å²) in [5, 5.41) is 3.45. The summed E-state index contributed by atoms with van der Waals surface area (Å²) in [7, 11) is 0. The third kappa shape index (κ3) is 1.45. The van der Waals surface area contributed by atoms with Crippen LogP contribution in [0.4, 0.5) is 0 Å². The normalized spacial score (nSPS) is 36.0. The van der Waals surface area contributed by atoms with Crippen LogP contribution in [-0.2, 0) is 0 Å². The molecule has 0 aliphatic carbocycles.